The summed E-state index contributed by atoms with van der Waals surface area (Å²) in [5, 5.41) is 6.45. The highest BCUT2D eigenvalue weighted by Crippen LogP contribution is 2.26. The molecule has 1 amide bonds. The second-order valence-electron chi connectivity index (χ2n) is 6.07. The van der Waals surface area contributed by atoms with E-state index in [1.54, 1.807) is 5.38 Å². The second-order valence-corrected chi connectivity index (χ2v) is 6.92. The van der Waals surface area contributed by atoms with E-state index in [1.807, 2.05) is 54.6 Å². The third-order valence-corrected chi connectivity index (χ3v) is 5.11. The van der Waals surface area contributed by atoms with Crippen molar-refractivity contribution in [1.82, 2.24) is 20.3 Å². The molecule has 0 bridgehead atoms. The van der Waals surface area contributed by atoms with Gasteiger partial charge in [-0.2, -0.15) is 0 Å². The van der Waals surface area contributed by atoms with Crippen LogP contribution in [0, 0.1) is 0 Å². The summed E-state index contributed by atoms with van der Waals surface area (Å²) in [6.45, 7) is 0.215. The molecule has 2 N–H and O–H groups in total. The molecule has 0 spiro atoms. The van der Waals surface area contributed by atoms with Gasteiger partial charge in [0.05, 0.1) is 12.2 Å². The van der Waals surface area contributed by atoms with Crippen molar-refractivity contribution in [3.63, 3.8) is 0 Å². The Morgan fingerprint density at radius 3 is 2.85 bits per heavy atom. The maximum atomic E-state index is 12.4. The molecule has 3 aromatic heterocycles. The Balaban J connectivity index is 1.32. The van der Waals surface area contributed by atoms with Crippen molar-refractivity contribution in [2.45, 2.75) is 6.54 Å². The van der Waals surface area contributed by atoms with E-state index in [1.165, 1.54) is 11.3 Å². The molecule has 0 aliphatic heterocycles. The fourth-order valence-corrected chi connectivity index (χ4v) is 3.70. The zero-order valence-corrected chi connectivity index (χ0v) is 14.9. The van der Waals surface area contributed by atoms with Crippen LogP contribution in [-0.2, 0) is 6.54 Å². The first-order chi connectivity index (χ1) is 13.3. The van der Waals surface area contributed by atoms with Gasteiger partial charge in [0, 0.05) is 16.3 Å². The van der Waals surface area contributed by atoms with E-state index in [4.69, 9.17) is 4.42 Å². The smallest absolute Gasteiger partial charge is 0.271 e. The van der Waals surface area contributed by atoms with E-state index in [0.717, 1.165) is 27.1 Å². The maximum Gasteiger partial charge on any atom is 0.271 e. The number of carbonyl (C=O) groups excluding carboxylic acids is 1. The molecule has 0 saturated carbocycles. The van der Waals surface area contributed by atoms with Crippen molar-refractivity contribution in [2.75, 3.05) is 0 Å². The zero-order chi connectivity index (χ0) is 18.2. The van der Waals surface area contributed by atoms with Gasteiger partial charge in [-0.3, -0.25) is 4.79 Å². The van der Waals surface area contributed by atoms with Gasteiger partial charge < -0.3 is 14.7 Å². The van der Waals surface area contributed by atoms with E-state index in [2.05, 4.69) is 20.3 Å². The van der Waals surface area contributed by atoms with Crippen LogP contribution in [0.1, 0.15) is 16.4 Å². The van der Waals surface area contributed by atoms with E-state index in [0.29, 0.717) is 17.2 Å². The molecule has 0 atom stereocenters. The van der Waals surface area contributed by atoms with E-state index in [-0.39, 0.29) is 12.5 Å². The Kier molecular flexibility index (Phi) is 3.72. The number of H-pyrrole nitrogens is 1. The number of oxazole rings is 1. The number of nitrogens with one attached hydrogen (secondary N) is 2. The van der Waals surface area contributed by atoms with Crippen LogP contribution in [0.5, 0.6) is 0 Å². The van der Waals surface area contributed by atoms with Crippen molar-refractivity contribution >= 4 is 39.2 Å². The van der Waals surface area contributed by atoms with Crippen LogP contribution in [0.2, 0.25) is 0 Å². The minimum Gasteiger partial charge on any atom is -0.439 e. The van der Waals surface area contributed by atoms with Gasteiger partial charge in [-0.05, 0) is 24.3 Å². The SMILES string of the molecule is O=C(NCc1nc2ccccc2o1)c1csc(-c2cc3ccccc3[nH]2)n1. The van der Waals surface area contributed by atoms with Crippen LogP contribution in [0.4, 0.5) is 0 Å². The van der Waals surface area contributed by atoms with E-state index in [9.17, 15) is 4.79 Å². The van der Waals surface area contributed by atoms with Crippen LogP contribution >= 0.6 is 11.3 Å². The third kappa shape index (κ3) is 2.98. The van der Waals surface area contributed by atoms with Gasteiger partial charge in [-0.25, -0.2) is 9.97 Å². The number of carbonyl (C=O) groups is 1. The van der Waals surface area contributed by atoms with Crippen molar-refractivity contribution in [1.29, 1.82) is 0 Å². The average Bonchev–Trinajstić information content (AvgIpc) is 3.42. The van der Waals surface area contributed by atoms with E-state index >= 15 is 0 Å². The lowest BCUT2D eigenvalue weighted by Gasteiger charge is -1.98. The molecule has 6 nitrogen and oxygen atoms in total. The van der Waals surface area contributed by atoms with Crippen LogP contribution in [0.25, 0.3) is 32.7 Å². The van der Waals surface area contributed by atoms with Crippen LogP contribution in [0.15, 0.2) is 64.4 Å². The summed E-state index contributed by atoms with van der Waals surface area (Å²) in [4.78, 5) is 24.5. The minimum absolute atomic E-state index is 0.215. The minimum atomic E-state index is -0.254. The number of rotatable bonds is 4. The van der Waals surface area contributed by atoms with Crippen LogP contribution in [-0.4, -0.2) is 20.9 Å². The van der Waals surface area contributed by atoms with Crippen molar-refractivity contribution in [3.8, 4) is 10.7 Å². The topological polar surface area (TPSA) is 83.8 Å². The highest BCUT2D eigenvalue weighted by molar-refractivity contribution is 7.13. The number of amides is 1. The molecule has 0 unspecified atom stereocenters. The predicted octanol–water partition coefficient (Wildman–Crippen LogP) is 4.36. The number of thiazole rings is 1. The molecular weight excluding hydrogens is 360 g/mol. The fraction of sp³-hybridized carbons (Fsp3) is 0.0500. The molecule has 5 aromatic rings. The summed E-state index contributed by atoms with van der Waals surface area (Å²) in [5.41, 5.74) is 3.81. The number of benzene rings is 2. The molecule has 2 aromatic carbocycles. The van der Waals surface area contributed by atoms with Gasteiger partial charge >= 0.3 is 0 Å². The Morgan fingerprint density at radius 1 is 1.11 bits per heavy atom. The molecule has 7 heteroatoms. The summed E-state index contributed by atoms with van der Waals surface area (Å²) in [6, 6.07) is 17.6. The largest absolute Gasteiger partial charge is 0.439 e. The molecule has 132 valence electrons. The summed E-state index contributed by atoms with van der Waals surface area (Å²) < 4.78 is 5.61. The quantitative estimate of drug-likeness (QED) is 0.489. The predicted molar refractivity (Wildman–Crippen MR) is 105 cm³/mol. The molecule has 5 rings (SSSR count). The summed E-state index contributed by atoms with van der Waals surface area (Å²) >= 11 is 1.43. The first kappa shape index (κ1) is 15.8. The highest BCUT2D eigenvalue weighted by atomic mass is 32.1. The van der Waals surface area contributed by atoms with Gasteiger partial charge in [-0.15, -0.1) is 11.3 Å². The number of fused-ring (bicyclic) bond motifs is 2. The number of para-hydroxylation sites is 3. The molecule has 3 heterocycles. The highest BCUT2D eigenvalue weighted by Gasteiger charge is 2.14. The maximum absolute atomic E-state index is 12.4. The number of aromatic amines is 1. The first-order valence-electron chi connectivity index (χ1n) is 8.42. The van der Waals surface area contributed by atoms with Gasteiger partial charge in [0.25, 0.3) is 5.91 Å². The van der Waals surface area contributed by atoms with Gasteiger partial charge in [0.2, 0.25) is 5.89 Å². The summed E-state index contributed by atoms with van der Waals surface area (Å²) in [5.74, 6) is 0.214. The van der Waals surface area contributed by atoms with Crippen LogP contribution < -0.4 is 5.32 Å². The first-order valence-corrected chi connectivity index (χ1v) is 9.30. The van der Waals surface area contributed by atoms with Gasteiger partial charge in [-0.1, -0.05) is 30.3 Å². The van der Waals surface area contributed by atoms with Crippen molar-refractivity contribution in [2.24, 2.45) is 0 Å². The zero-order valence-electron chi connectivity index (χ0n) is 14.1. The number of hydrogen-bond donors (Lipinski definition) is 2. The lowest BCUT2D eigenvalue weighted by Crippen LogP contribution is -2.23. The molecule has 0 saturated heterocycles. The normalized spacial score (nSPS) is 11.3. The standard InChI is InChI=1S/C20H14N4O2S/c25-19(21-10-18-23-14-7-3-4-8-17(14)26-18)16-11-27-20(24-16)15-9-12-5-1-2-6-13(12)22-15/h1-9,11,22H,10H2,(H,21,25). The Bertz CT molecular complexity index is 1200. The number of nitrogens with zero attached hydrogens (tertiary/aromatic N) is 2. The lowest BCUT2D eigenvalue weighted by atomic mass is 10.2. The van der Waals surface area contributed by atoms with Crippen LogP contribution in [0.3, 0.4) is 0 Å². The Morgan fingerprint density at radius 2 is 1.96 bits per heavy atom. The monoisotopic (exact) mass is 374 g/mol. The van der Waals surface area contributed by atoms with Crippen molar-refractivity contribution < 1.29 is 9.21 Å². The second kappa shape index (κ2) is 6.37. The molecular formula is C20H14N4O2S. The van der Waals surface area contributed by atoms with Gasteiger partial charge in [0.15, 0.2) is 5.58 Å². The third-order valence-electron chi connectivity index (χ3n) is 4.24. The van der Waals surface area contributed by atoms with Crippen molar-refractivity contribution in [3.05, 3.63) is 71.6 Å². The fourth-order valence-electron chi connectivity index (χ4n) is 2.93. The molecule has 0 aliphatic carbocycles. The average molecular weight is 374 g/mol. The molecule has 0 radical (unpaired) electrons. The lowest BCUT2D eigenvalue weighted by molar-refractivity contribution is 0.0943. The summed E-state index contributed by atoms with van der Waals surface area (Å²) in [7, 11) is 0. The Labute approximate surface area is 157 Å². The number of aromatic nitrogens is 3. The summed E-state index contributed by atoms with van der Waals surface area (Å²) in [6.07, 6.45) is 0. The van der Waals surface area contributed by atoms with Gasteiger partial charge in [0.1, 0.15) is 16.2 Å². The molecule has 27 heavy (non-hydrogen) atoms. The van der Waals surface area contributed by atoms with E-state index < -0.39 is 0 Å². The molecule has 0 fully saturated rings. The number of hydrogen-bond acceptors (Lipinski definition) is 5. The Hall–Kier alpha value is -3.45. The molecule has 0 aliphatic rings.